The standard InChI is InChI=1S/C24H20FNO4/c1-14-18-5-4-6-20(25)23(18)30-22(14)24(27)26-16-9-12-21(29-3)19(13-16)15-7-10-17(28-2)11-8-15/h4-13H,1-3H3,(H,26,27). The highest BCUT2D eigenvalue weighted by molar-refractivity contribution is 6.06. The van der Waals surface area contributed by atoms with Crippen LogP contribution >= 0.6 is 0 Å². The molecule has 1 amide bonds. The molecule has 0 bridgehead atoms. The lowest BCUT2D eigenvalue weighted by molar-refractivity contribution is 0.0997. The van der Waals surface area contributed by atoms with Gasteiger partial charge >= 0.3 is 0 Å². The van der Waals surface area contributed by atoms with Crippen LogP contribution in [0.4, 0.5) is 10.1 Å². The molecule has 0 unspecified atom stereocenters. The summed E-state index contributed by atoms with van der Waals surface area (Å²) in [5.41, 5.74) is 2.95. The Labute approximate surface area is 173 Å². The molecule has 3 aromatic carbocycles. The Hall–Kier alpha value is -3.80. The topological polar surface area (TPSA) is 60.7 Å². The maximum atomic E-state index is 14.0. The lowest BCUT2D eigenvalue weighted by Crippen LogP contribution is -2.12. The van der Waals surface area contributed by atoms with Crippen molar-refractivity contribution < 1.29 is 23.1 Å². The predicted octanol–water partition coefficient (Wildman–Crippen LogP) is 5.82. The molecule has 0 saturated heterocycles. The molecule has 1 aromatic heterocycles. The normalized spacial score (nSPS) is 10.8. The van der Waals surface area contributed by atoms with Crippen molar-refractivity contribution in [3.63, 3.8) is 0 Å². The molecule has 0 atom stereocenters. The monoisotopic (exact) mass is 405 g/mol. The van der Waals surface area contributed by atoms with Gasteiger partial charge in [-0.3, -0.25) is 4.79 Å². The van der Waals surface area contributed by atoms with Crippen molar-refractivity contribution in [2.45, 2.75) is 6.92 Å². The molecule has 0 fully saturated rings. The van der Waals surface area contributed by atoms with Crippen molar-refractivity contribution in [1.29, 1.82) is 0 Å². The summed E-state index contributed by atoms with van der Waals surface area (Å²) in [5, 5.41) is 3.41. The summed E-state index contributed by atoms with van der Waals surface area (Å²) < 4.78 is 30.2. The zero-order valence-electron chi connectivity index (χ0n) is 16.8. The Morgan fingerprint density at radius 3 is 2.43 bits per heavy atom. The number of para-hydroxylation sites is 1. The molecule has 0 saturated carbocycles. The van der Waals surface area contributed by atoms with E-state index in [0.717, 1.165) is 16.9 Å². The van der Waals surface area contributed by atoms with Gasteiger partial charge in [0.15, 0.2) is 17.2 Å². The van der Waals surface area contributed by atoms with Gasteiger partial charge in [0.25, 0.3) is 5.91 Å². The third kappa shape index (κ3) is 3.48. The van der Waals surface area contributed by atoms with Crippen LogP contribution in [0.15, 0.2) is 65.1 Å². The number of hydrogen-bond donors (Lipinski definition) is 1. The number of nitrogens with one attached hydrogen (secondary N) is 1. The fourth-order valence-corrected chi connectivity index (χ4v) is 3.40. The number of aryl methyl sites for hydroxylation is 1. The molecule has 0 aliphatic heterocycles. The predicted molar refractivity (Wildman–Crippen MR) is 114 cm³/mol. The van der Waals surface area contributed by atoms with Gasteiger partial charge in [0.2, 0.25) is 0 Å². The van der Waals surface area contributed by atoms with E-state index in [1.807, 2.05) is 30.3 Å². The number of ether oxygens (including phenoxy) is 2. The summed E-state index contributed by atoms with van der Waals surface area (Å²) in [6, 6.07) is 17.5. The molecule has 0 aliphatic carbocycles. The van der Waals surface area contributed by atoms with E-state index in [-0.39, 0.29) is 11.3 Å². The van der Waals surface area contributed by atoms with Gasteiger partial charge in [0.1, 0.15) is 11.5 Å². The minimum atomic E-state index is -0.499. The van der Waals surface area contributed by atoms with Crippen LogP contribution in [-0.4, -0.2) is 20.1 Å². The van der Waals surface area contributed by atoms with Crippen LogP contribution in [0.5, 0.6) is 11.5 Å². The van der Waals surface area contributed by atoms with Crippen LogP contribution in [0, 0.1) is 12.7 Å². The van der Waals surface area contributed by atoms with E-state index in [1.54, 1.807) is 45.4 Å². The number of fused-ring (bicyclic) bond motifs is 1. The highest BCUT2D eigenvalue weighted by Crippen LogP contribution is 2.34. The first-order chi connectivity index (χ1) is 14.5. The zero-order valence-corrected chi connectivity index (χ0v) is 16.8. The van der Waals surface area contributed by atoms with Crippen LogP contribution in [0.2, 0.25) is 0 Å². The van der Waals surface area contributed by atoms with Crippen LogP contribution in [0.25, 0.3) is 22.1 Å². The highest BCUT2D eigenvalue weighted by atomic mass is 19.1. The number of furan rings is 1. The van der Waals surface area contributed by atoms with Crippen molar-refractivity contribution >= 4 is 22.6 Å². The molecule has 5 nitrogen and oxygen atoms in total. The molecule has 0 aliphatic rings. The number of halogens is 1. The van der Waals surface area contributed by atoms with Crippen LogP contribution in [0.3, 0.4) is 0 Å². The van der Waals surface area contributed by atoms with Crippen molar-refractivity contribution in [3.05, 3.63) is 77.8 Å². The summed E-state index contributed by atoms with van der Waals surface area (Å²) in [4.78, 5) is 12.8. The lowest BCUT2D eigenvalue weighted by Gasteiger charge is -2.12. The fraction of sp³-hybridized carbons (Fsp3) is 0.125. The maximum Gasteiger partial charge on any atom is 0.291 e. The smallest absolute Gasteiger partial charge is 0.291 e. The molecular weight excluding hydrogens is 385 g/mol. The molecule has 152 valence electrons. The van der Waals surface area contributed by atoms with Crippen LogP contribution < -0.4 is 14.8 Å². The third-order valence-corrected chi connectivity index (χ3v) is 4.98. The molecule has 4 aromatic rings. The van der Waals surface area contributed by atoms with E-state index >= 15 is 0 Å². The fourth-order valence-electron chi connectivity index (χ4n) is 3.40. The Morgan fingerprint density at radius 1 is 1.00 bits per heavy atom. The van der Waals surface area contributed by atoms with Crippen molar-refractivity contribution in [2.24, 2.45) is 0 Å². The summed E-state index contributed by atoms with van der Waals surface area (Å²) in [6.07, 6.45) is 0. The van der Waals surface area contributed by atoms with Gasteiger partial charge in [-0.1, -0.05) is 24.3 Å². The largest absolute Gasteiger partial charge is 0.497 e. The van der Waals surface area contributed by atoms with Gasteiger partial charge in [-0.2, -0.15) is 0 Å². The van der Waals surface area contributed by atoms with Crippen LogP contribution in [0.1, 0.15) is 16.1 Å². The minimum absolute atomic E-state index is 0.0776. The van der Waals surface area contributed by atoms with Crippen molar-refractivity contribution in [3.8, 4) is 22.6 Å². The van der Waals surface area contributed by atoms with Gasteiger partial charge in [-0.05, 0) is 48.9 Å². The molecule has 1 N–H and O–H groups in total. The number of rotatable bonds is 5. The van der Waals surface area contributed by atoms with Crippen molar-refractivity contribution in [1.82, 2.24) is 0 Å². The Bertz CT molecular complexity index is 1230. The molecule has 30 heavy (non-hydrogen) atoms. The summed E-state index contributed by atoms with van der Waals surface area (Å²) in [6.45, 7) is 1.73. The van der Waals surface area contributed by atoms with E-state index in [0.29, 0.717) is 22.4 Å². The average Bonchev–Trinajstić information content (AvgIpc) is 3.12. The first-order valence-electron chi connectivity index (χ1n) is 9.33. The van der Waals surface area contributed by atoms with E-state index in [4.69, 9.17) is 13.9 Å². The Kier molecular flexibility index (Phi) is 5.14. The first-order valence-corrected chi connectivity index (χ1v) is 9.33. The quantitative estimate of drug-likeness (QED) is 0.455. The second-order valence-corrected chi connectivity index (χ2v) is 6.77. The Balaban J connectivity index is 1.67. The maximum absolute atomic E-state index is 14.0. The van der Waals surface area contributed by atoms with E-state index < -0.39 is 11.7 Å². The molecule has 4 rings (SSSR count). The number of methoxy groups -OCH3 is 2. The number of amides is 1. The summed E-state index contributed by atoms with van der Waals surface area (Å²) in [5.74, 6) is 0.543. The molecule has 0 spiro atoms. The lowest BCUT2D eigenvalue weighted by atomic mass is 10.0. The van der Waals surface area contributed by atoms with Crippen LogP contribution in [-0.2, 0) is 0 Å². The van der Waals surface area contributed by atoms with Gasteiger partial charge < -0.3 is 19.2 Å². The van der Waals surface area contributed by atoms with Gasteiger partial charge in [0, 0.05) is 22.2 Å². The van der Waals surface area contributed by atoms with E-state index in [1.165, 1.54) is 6.07 Å². The number of benzene rings is 3. The van der Waals surface area contributed by atoms with Gasteiger partial charge in [-0.15, -0.1) is 0 Å². The molecular formula is C24H20FNO4. The summed E-state index contributed by atoms with van der Waals surface area (Å²) >= 11 is 0. The minimum Gasteiger partial charge on any atom is -0.497 e. The third-order valence-electron chi connectivity index (χ3n) is 4.98. The van der Waals surface area contributed by atoms with Crippen molar-refractivity contribution in [2.75, 3.05) is 19.5 Å². The van der Waals surface area contributed by atoms with Gasteiger partial charge in [-0.25, -0.2) is 4.39 Å². The van der Waals surface area contributed by atoms with E-state index in [9.17, 15) is 9.18 Å². The van der Waals surface area contributed by atoms with E-state index in [2.05, 4.69) is 5.32 Å². The number of hydrogen-bond acceptors (Lipinski definition) is 4. The Morgan fingerprint density at radius 2 is 1.77 bits per heavy atom. The SMILES string of the molecule is COc1ccc(-c2cc(NC(=O)c3oc4c(F)cccc4c3C)ccc2OC)cc1. The number of anilines is 1. The molecule has 0 radical (unpaired) electrons. The highest BCUT2D eigenvalue weighted by Gasteiger charge is 2.20. The second kappa shape index (κ2) is 7.91. The number of carbonyl (C=O) groups is 1. The zero-order chi connectivity index (χ0) is 21.3. The number of carbonyl (C=O) groups excluding carboxylic acids is 1. The second-order valence-electron chi connectivity index (χ2n) is 6.77. The summed E-state index contributed by atoms with van der Waals surface area (Å²) in [7, 11) is 3.20. The van der Waals surface area contributed by atoms with Gasteiger partial charge in [0.05, 0.1) is 14.2 Å². The molecule has 6 heteroatoms. The molecule has 1 heterocycles. The first kappa shape index (κ1) is 19.5. The average molecular weight is 405 g/mol.